The minimum Gasteiger partial charge on any atom is -0.465 e. The van der Waals surface area contributed by atoms with E-state index in [1.165, 1.54) is 13.2 Å². The summed E-state index contributed by atoms with van der Waals surface area (Å²) in [5.41, 5.74) is 1.85. The molecule has 0 spiro atoms. The van der Waals surface area contributed by atoms with Gasteiger partial charge in [0.25, 0.3) is 0 Å². The van der Waals surface area contributed by atoms with Gasteiger partial charge in [0, 0.05) is 12.7 Å². The van der Waals surface area contributed by atoms with Gasteiger partial charge in [0.2, 0.25) is 0 Å². The van der Waals surface area contributed by atoms with Crippen molar-refractivity contribution in [3.8, 4) is 0 Å². The standard InChI is InChI=1S/C19H16F3NO2/c1-12-16(18(24)25-2)7-6-14-8-9-23(17(12)14)11-13-4-3-5-15(10-13)19(20,21)22/h3-10H,11H2,1-2H3. The lowest BCUT2D eigenvalue weighted by molar-refractivity contribution is -0.137. The van der Waals surface area contributed by atoms with Gasteiger partial charge in [0.1, 0.15) is 0 Å². The second kappa shape index (κ2) is 6.27. The largest absolute Gasteiger partial charge is 0.465 e. The minimum atomic E-state index is -4.37. The Labute approximate surface area is 142 Å². The number of benzene rings is 2. The molecular weight excluding hydrogens is 331 g/mol. The first-order chi connectivity index (χ1) is 11.8. The van der Waals surface area contributed by atoms with E-state index in [1.807, 2.05) is 10.6 Å². The van der Waals surface area contributed by atoms with Crippen molar-refractivity contribution < 1.29 is 22.7 Å². The molecule has 0 aliphatic heterocycles. The molecule has 6 heteroatoms. The van der Waals surface area contributed by atoms with Crippen molar-refractivity contribution in [3.63, 3.8) is 0 Å². The van der Waals surface area contributed by atoms with Crippen molar-refractivity contribution >= 4 is 16.9 Å². The van der Waals surface area contributed by atoms with Crippen LogP contribution in [-0.4, -0.2) is 17.6 Å². The van der Waals surface area contributed by atoms with Gasteiger partial charge >= 0.3 is 12.1 Å². The number of aryl methyl sites for hydroxylation is 1. The van der Waals surface area contributed by atoms with Crippen LogP contribution in [0, 0.1) is 6.92 Å². The zero-order chi connectivity index (χ0) is 18.2. The van der Waals surface area contributed by atoms with Crippen LogP contribution >= 0.6 is 0 Å². The zero-order valence-electron chi connectivity index (χ0n) is 13.7. The topological polar surface area (TPSA) is 31.2 Å². The van der Waals surface area contributed by atoms with Crippen LogP contribution in [0.1, 0.15) is 27.0 Å². The Morgan fingerprint density at radius 1 is 1.16 bits per heavy atom. The summed E-state index contributed by atoms with van der Waals surface area (Å²) in [5, 5.41) is 0.914. The van der Waals surface area contributed by atoms with E-state index in [4.69, 9.17) is 4.74 Å². The third kappa shape index (κ3) is 3.24. The number of hydrogen-bond donors (Lipinski definition) is 0. The van der Waals surface area contributed by atoms with Gasteiger partial charge in [-0.05, 0) is 47.7 Å². The van der Waals surface area contributed by atoms with E-state index >= 15 is 0 Å². The lowest BCUT2D eigenvalue weighted by Crippen LogP contribution is -2.08. The second-order valence-electron chi connectivity index (χ2n) is 5.81. The second-order valence-corrected chi connectivity index (χ2v) is 5.81. The number of fused-ring (bicyclic) bond motifs is 1. The molecule has 0 unspecified atom stereocenters. The van der Waals surface area contributed by atoms with Crippen LogP contribution in [0.15, 0.2) is 48.7 Å². The zero-order valence-corrected chi connectivity index (χ0v) is 13.7. The van der Waals surface area contributed by atoms with E-state index < -0.39 is 17.7 Å². The molecule has 0 aliphatic carbocycles. The summed E-state index contributed by atoms with van der Waals surface area (Å²) in [6.07, 6.45) is -2.57. The summed E-state index contributed by atoms with van der Waals surface area (Å²) in [6.45, 7) is 2.08. The highest BCUT2D eigenvalue weighted by Crippen LogP contribution is 2.30. The molecule has 0 amide bonds. The van der Waals surface area contributed by atoms with Gasteiger partial charge in [0.05, 0.1) is 23.8 Å². The number of aromatic nitrogens is 1. The van der Waals surface area contributed by atoms with Gasteiger partial charge in [-0.2, -0.15) is 13.2 Å². The fourth-order valence-corrected chi connectivity index (χ4v) is 2.99. The van der Waals surface area contributed by atoms with Crippen molar-refractivity contribution in [2.24, 2.45) is 0 Å². The Hall–Kier alpha value is -2.76. The average Bonchev–Trinajstić information content (AvgIpc) is 2.98. The number of nitrogens with zero attached hydrogens (tertiary/aromatic N) is 1. The summed E-state index contributed by atoms with van der Waals surface area (Å²) >= 11 is 0. The Kier molecular flexibility index (Phi) is 4.29. The third-order valence-electron chi connectivity index (χ3n) is 4.20. The number of alkyl halides is 3. The SMILES string of the molecule is COC(=O)c1ccc2ccn(Cc3cccc(C(F)(F)F)c3)c2c1C. The summed E-state index contributed by atoms with van der Waals surface area (Å²) in [6, 6.07) is 10.6. The molecule has 1 aromatic heterocycles. The van der Waals surface area contributed by atoms with Gasteiger partial charge in [-0.3, -0.25) is 0 Å². The van der Waals surface area contributed by atoms with E-state index in [-0.39, 0.29) is 6.54 Å². The van der Waals surface area contributed by atoms with Gasteiger partial charge in [-0.15, -0.1) is 0 Å². The van der Waals surface area contributed by atoms with Crippen LogP contribution in [0.5, 0.6) is 0 Å². The monoisotopic (exact) mass is 347 g/mol. The maximum Gasteiger partial charge on any atom is 0.416 e. The molecule has 0 saturated heterocycles. The Balaban J connectivity index is 2.04. The van der Waals surface area contributed by atoms with E-state index in [9.17, 15) is 18.0 Å². The lowest BCUT2D eigenvalue weighted by atomic mass is 10.1. The van der Waals surface area contributed by atoms with Crippen molar-refractivity contribution in [3.05, 3.63) is 70.9 Å². The van der Waals surface area contributed by atoms with Crippen molar-refractivity contribution in [1.82, 2.24) is 4.57 Å². The lowest BCUT2D eigenvalue weighted by Gasteiger charge is -2.12. The molecule has 3 aromatic rings. The molecule has 3 nitrogen and oxygen atoms in total. The summed E-state index contributed by atoms with van der Waals surface area (Å²) in [5.74, 6) is -0.439. The van der Waals surface area contributed by atoms with Crippen LogP contribution in [0.3, 0.4) is 0 Å². The number of ether oxygens (including phenoxy) is 1. The molecule has 0 saturated carbocycles. The summed E-state index contributed by atoms with van der Waals surface area (Å²) in [4.78, 5) is 11.9. The van der Waals surface area contributed by atoms with Gasteiger partial charge < -0.3 is 9.30 Å². The fourth-order valence-electron chi connectivity index (χ4n) is 2.99. The maximum absolute atomic E-state index is 12.9. The fraction of sp³-hybridized carbons (Fsp3) is 0.211. The smallest absolute Gasteiger partial charge is 0.416 e. The molecule has 0 bridgehead atoms. The first kappa shape index (κ1) is 17.1. The molecular formula is C19H16F3NO2. The molecule has 1 heterocycles. The summed E-state index contributed by atoms with van der Waals surface area (Å²) in [7, 11) is 1.31. The Morgan fingerprint density at radius 2 is 1.92 bits per heavy atom. The molecule has 0 atom stereocenters. The number of methoxy groups -OCH3 is 1. The summed E-state index contributed by atoms with van der Waals surface area (Å²) < 4.78 is 45.3. The number of halogens is 3. The Bertz CT molecular complexity index is 941. The first-order valence-electron chi connectivity index (χ1n) is 7.64. The average molecular weight is 347 g/mol. The van der Waals surface area contributed by atoms with Crippen LogP contribution in [0.25, 0.3) is 10.9 Å². The van der Waals surface area contributed by atoms with Crippen molar-refractivity contribution in [1.29, 1.82) is 0 Å². The number of esters is 1. The van der Waals surface area contributed by atoms with Gasteiger partial charge in [0.15, 0.2) is 0 Å². The third-order valence-corrected chi connectivity index (χ3v) is 4.20. The molecule has 0 fully saturated rings. The van der Waals surface area contributed by atoms with E-state index in [2.05, 4.69) is 0 Å². The molecule has 25 heavy (non-hydrogen) atoms. The maximum atomic E-state index is 12.9. The molecule has 130 valence electrons. The van der Waals surface area contributed by atoms with Crippen molar-refractivity contribution in [2.45, 2.75) is 19.6 Å². The highest BCUT2D eigenvalue weighted by molar-refractivity contribution is 5.97. The van der Waals surface area contributed by atoms with E-state index in [0.29, 0.717) is 11.1 Å². The van der Waals surface area contributed by atoms with Crippen LogP contribution in [0.4, 0.5) is 13.2 Å². The predicted molar refractivity (Wildman–Crippen MR) is 88.6 cm³/mol. The predicted octanol–water partition coefficient (Wildman–Crippen LogP) is 4.80. The molecule has 3 rings (SSSR count). The Morgan fingerprint density at radius 3 is 2.60 bits per heavy atom. The number of hydrogen-bond acceptors (Lipinski definition) is 2. The molecule has 2 aromatic carbocycles. The molecule has 0 N–H and O–H groups in total. The van der Waals surface area contributed by atoms with Crippen molar-refractivity contribution in [2.75, 3.05) is 7.11 Å². The van der Waals surface area contributed by atoms with Crippen LogP contribution in [0.2, 0.25) is 0 Å². The molecule has 0 radical (unpaired) electrons. The van der Waals surface area contributed by atoms with Gasteiger partial charge in [-0.25, -0.2) is 4.79 Å². The van der Waals surface area contributed by atoms with Crippen LogP contribution < -0.4 is 0 Å². The number of carbonyl (C=O) groups is 1. The highest BCUT2D eigenvalue weighted by Gasteiger charge is 2.30. The first-order valence-corrected chi connectivity index (χ1v) is 7.64. The normalized spacial score (nSPS) is 11.7. The van der Waals surface area contributed by atoms with Crippen LogP contribution in [-0.2, 0) is 17.5 Å². The highest BCUT2D eigenvalue weighted by atomic mass is 19.4. The van der Waals surface area contributed by atoms with E-state index in [1.54, 1.807) is 31.3 Å². The minimum absolute atomic E-state index is 0.277. The molecule has 0 aliphatic rings. The quantitative estimate of drug-likeness (QED) is 0.637. The van der Waals surface area contributed by atoms with E-state index in [0.717, 1.165) is 28.6 Å². The van der Waals surface area contributed by atoms with Gasteiger partial charge in [-0.1, -0.05) is 18.2 Å². The number of rotatable bonds is 3. The number of carbonyl (C=O) groups excluding carboxylic acids is 1.